The van der Waals surface area contributed by atoms with E-state index in [0.717, 1.165) is 23.0 Å². The molecule has 132 valence electrons. The Morgan fingerprint density at radius 3 is 2.64 bits per heavy atom. The van der Waals surface area contributed by atoms with Gasteiger partial charge in [-0.15, -0.1) is 0 Å². The molecule has 0 unspecified atom stereocenters. The van der Waals surface area contributed by atoms with E-state index in [0.29, 0.717) is 0 Å². The van der Waals surface area contributed by atoms with Crippen molar-refractivity contribution in [2.24, 2.45) is 7.05 Å². The van der Waals surface area contributed by atoms with Crippen LogP contribution < -0.4 is 4.74 Å². The first-order chi connectivity index (χ1) is 11.8. The molecular weight excluding hydrogens is 327 g/mol. The summed E-state index contributed by atoms with van der Waals surface area (Å²) >= 11 is 0. The van der Waals surface area contributed by atoms with Gasteiger partial charge < -0.3 is 9.47 Å². The van der Waals surface area contributed by atoms with Crippen LogP contribution >= 0.6 is 0 Å². The van der Waals surface area contributed by atoms with Crippen LogP contribution in [0.2, 0.25) is 0 Å². The van der Waals surface area contributed by atoms with Gasteiger partial charge in [0.1, 0.15) is 11.6 Å². The molecule has 1 aromatic carbocycles. The minimum Gasteiger partial charge on any atom is -0.496 e. The zero-order chi connectivity index (χ0) is 18.6. The van der Waals surface area contributed by atoms with Gasteiger partial charge in [0.15, 0.2) is 6.61 Å². The summed E-state index contributed by atoms with van der Waals surface area (Å²) in [5.74, 6) is -1.57. The number of esters is 1. The van der Waals surface area contributed by atoms with E-state index >= 15 is 0 Å². The molecule has 7 heteroatoms. The third kappa shape index (κ3) is 4.32. The summed E-state index contributed by atoms with van der Waals surface area (Å²) in [5.41, 5.74) is 2.53. The van der Waals surface area contributed by atoms with Crippen LogP contribution in [0, 0.1) is 19.7 Å². The van der Waals surface area contributed by atoms with Crippen molar-refractivity contribution in [3.63, 3.8) is 0 Å². The van der Waals surface area contributed by atoms with Crippen molar-refractivity contribution in [1.29, 1.82) is 0 Å². The predicted molar refractivity (Wildman–Crippen MR) is 90.0 cm³/mol. The molecule has 2 rings (SSSR count). The molecule has 2 aromatic rings. The van der Waals surface area contributed by atoms with Gasteiger partial charge in [-0.1, -0.05) is 0 Å². The molecule has 25 heavy (non-hydrogen) atoms. The topological polar surface area (TPSA) is 70.4 Å². The molecule has 0 aliphatic rings. The Morgan fingerprint density at radius 1 is 1.32 bits per heavy atom. The summed E-state index contributed by atoms with van der Waals surface area (Å²) in [7, 11) is 3.18. The zero-order valence-corrected chi connectivity index (χ0v) is 14.5. The molecule has 0 fully saturated rings. The molecule has 0 aliphatic heterocycles. The Morgan fingerprint density at radius 2 is 2.04 bits per heavy atom. The Labute approximate surface area is 144 Å². The summed E-state index contributed by atoms with van der Waals surface area (Å²) in [6.45, 7) is 3.20. The average Bonchev–Trinajstić information content (AvgIpc) is 2.83. The van der Waals surface area contributed by atoms with E-state index in [-0.39, 0.29) is 11.3 Å². The fourth-order valence-corrected chi connectivity index (χ4v) is 2.34. The number of nitrogens with zero attached hydrogens (tertiary/aromatic N) is 2. The molecule has 0 atom stereocenters. The second-order valence-corrected chi connectivity index (χ2v) is 5.42. The molecule has 0 spiro atoms. The lowest BCUT2D eigenvalue weighted by molar-refractivity contribution is -0.136. The molecule has 6 nitrogen and oxygen atoms in total. The minimum atomic E-state index is -0.675. The molecule has 1 aromatic heterocycles. The standard InChI is InChI=1S/C18H19FN2O4/c1-11-14(12(2)21(3)20-11)6-8-18(23)25-10-16(22)15-9-13(19)5-7-17(15)24-4/h5-9H,10H2,1-4H3/b8-6+. The molecule has 0 aliphatic carbocycles. The van der Waals surface area contributed by atoms with E-state index in [1.807, 2.05) is 20.9 Å². The number of rotatable bonds is 6. The van der Waals surface area contributed by atoms with Crippen LogP contribution in [-0.2, 0) is 16.6 Å². The lowest BCUT2D eigenvalue weighted by atomic mass is 10.1. The van der Waals surface area contributed by atoms with Crippen molar-refractivity contribution >= 4 is 17.8 Å². The number of aryl methyl sites for hydroxylation is 2. The number of halogens is 1. The quantitative estimate of drug-likeness (QED) is 0.457. The number of carbonyl (C=O) groups excluding carboxylic acids is 2. The van der Waals surface area contributed by atoms with E-state index in [2.05, 4.69) is 5.10 Å². The highest BCUT2D eigenvalue weighted by Gasteiger charge is 2.15. The lowest BCUT2D eigenvalue weighted by Gasteiger charge is -2.07. The van der Waals surface area contributed by atoms with Crippen LogP contribution in [0.15, 0.2) is 24.3 Å². The number of hydrogen-bond acceptors (Lipinski definition) is 5. The SMILES string of the molecule is COc1ccc(F)cc1C(=O)COC(=O)/C=C/c1c(C)nn(C)c1C. The second kappa shape index (κ2) is 7.74. The Balaban J connectivity index is 2.01. The molecule has 0 bridgehead atoms. The number of Topliss-reactive ketones (excluding diaryl/α,β-unsaturated/α-hetero) is 1. The van der Waals surface area contributed by atoms with Crippen molar-refractivity contribution in [3.05, 3.63) is 52.6 Å². The van der Waals surface area contributed by atoms with Crippen LogP contribution in [0.1, 0.15) is 27.3 Å². The first-order valence-corrected chi connectivity index (χ1v) is 7.55. The molecule has 1 heterocycles. The Kier molecular flexibility index (Phi) is 5.69. The molecule has 0 radical (unpaired) electrons. The number of benzene rings is 1. The Bertz CT molecular complexity index is 840. The van der Waals surface area contributed by atoms with Gasteiger partial charge >= 0.3 is 5.97 Å². The maximum Gasteiger partial charge on any atom is 0.331 e. The zero-order valence-electron chi connectivity index (χ0n) is 14.5. The number of methoxy groups -OCH3 is 1. The summed E-state index contributed by atoms with van der Waals surface area (Å²) in [5, 5.41) is 4.24. The maximum absolute atomic E-state index is 13.3. The largest absolute Gasteiger partial charge is 0.496 e. The third-order valence-corrected chi connectivity index (χ3v) is 3.76. The van der Waals surface area contributed by atoms with Gasteiger partial charge in [0, 0.05) is 24.4 Å². The third-order valence-electron chi connectivity index (χ3n) is 3.76. The first kappa shape index (κ1) is 18.4. The Hall–Kier alpha value is -2.96. The fraction of sp³-hybridized carbons (Fsp3) is 0.278. The van der Waals surface area contributed by atoms with E-state index in [4.69, 9.17) is 9.47 Å². The summed E-state index contributed by atoms with van der Waals surface area (Å²) in [6.07, 6.45) is 2.82. The van der Waals surface area contributed by atoms with Gasteiger partial charge in [0.05, 0.1) is 18.4 Å². The molecule has 0 saturated carbocycles. The van der Waals surface area contributed by atoms with Crippen LogP contribution in [0.25, 0.3) is 6.08 Å². The summed E-state index contributed by atoms with van der Waals surface area (Å²) in [6, 6.07) is 3.58. The van der Waals surface area contributed by atoms with Crippen LogP contribution in [0.3, 0.4) is 0 Å². The highest BCUT2D eigenvalue weighted by atomic mass is 19.1. The number of ether oxygens (including phenoxy) is 2. The normalized spacial score (nSPS) is 10.9. The van der Waals surface area contributed by atoms with Crippen molar-refractivity contribution in [2.75, 3.05) is 13.7 Å². The summed E-state index contributed by atoms with van der Waals surface area (Å²) < 4.78 is 24.9. The van der Waals surface area contributed by atoms with Crippen LogP contribution in [0.4, 0.5) is 4.39 Å². The van der Waals surface area contributed by atoms with E-state index in [9.17, 15) is 14.0 Å². The lowest BCUT2D eigenvalue weighted by Crippen LogP contribution is -2.13. The molecular formula is C18H19FN2O4. The van der Waals surface area contributed by atoms with E-state index in [1.54, 1.807) is 10.8 Å². The van der Waals surface area contributed by atoms with Gasteiger partial charge in [-0.2, -0.15) is 5.10 Å². The van der Waals surface area contributed by atoms with Gasteiger partial charge in [-0.25, -0.2) is 9.18 Å². The summed E-state index contributed by atoms with van der Waals surface area (Å²) in [4.78, 5) is 23.9. The van der Waals surface area contributed by atoms with Crippen LogP contribution in [0.5, 0.6) is 5.75 Å². The fourth-order valence-electron chi connectivity index (χ4n) is 2.34. The van der Waals surface area contributed by atoms with Crippen molar-refractivity contribution in [3.8, 4) is 5.75 Å². The van der Waals surface area contributed by atoms with Crippen molar-refractivity contribution in [2.45, 2.75) is 13.8 Å². The van der Waals surface area contributed by atoms with Crippen LogP contribution in [-0.4, -0.2) is 35.2 Å². The number of ketones is 1. The second-order valence-electron chi connectivity index (χ2n) is 5.42. The maximum atomic E-state index is 13.3. The van der Waals surface area contributed by atoms with E-state index in [1.165, 1.54) is 25.3 Å². The number of hydrogen-bond donors (Lipinski definition) is 0. The van der Waals surface area contributed by atoms with Crippen molar-refractivity contribution < 1.29 is 23.5 Å². The van der Waals surface area contributed by atoms with Crippen molar-refractivity contribution in [1.82, 2.24) is 9.78 Å². The van der Waals surface area contributed by atoms with Gasteiger partial charge in [0.2, 0.25) is 5.78 Å². The van der Waals surface area contributed by atoms with Gasteiger partial charge in [0.25, 0.3) is 0 Å². The van der Waals surface area contributed by atoms with Gasteiger partial charge in [-0.05, 0) is 38.1 Å². The molecule has 0 amide bonds. The number of carbonyl (C=O) groups is 2. The smallest absolute Gasteiger partial charge is 0.331 e. The van der Waals surface area contributed by atoms with E-state index < -0.39 is 24.2 Å². The first-order valence-electron chi connectivity index (χ1n) is 7.55. The number of aromatic nitrogens is 2. The van der Waals surface area contributed by atoms with Gasteiger partial charge in [-0.3, -0.25) is 9.48 Å². The average molecular weight is 346 g/mol. The molecule has 0 saturated heterocycles. The monoisotopic (exact) mass is 346 g/mol. The highest BCUT2D eigenvalue weighted by Crippen LogP contribution is 2.20. The molecule has 0 N–H and O–H groups in total. The highest BCUT2D eigenvalue weighted by molar-refractivity contribution is 6.01. The minimum absolute atomic E-state index is 0.0261. The predicted octanol–water partition coefficient (Wildman–Crippen LogP) is 2.62.